The molecule has 184 valence electrons. The van der Waals surface area contributed by atoms with E-state index in [9.17, 15) is 41.7 Å². The second-order valence-corrected chi connectivity index (χ2v) is 11.3. The lowest BCUT2D eigenvalue weighted by atomic mass is 9.51. The first-order chi connectivity index (χ1) is 15.9. The first-order valence-electron chi connectivity index (χ1n) is 10.7. The molecule has 4 atom stereocenters. The van der Waals surface area contributed by atoms with Crippen LogP contribution < -0.4 is 5.32 Å². The van der Waals surface area contributed by atoms with Gasteiger partial charge in [0.05, 0.1) is 17.0 Å². The predicted octanol–water partition coefficient (Wildman–Crippen LogP) is 2.40. The molecule has 4 N–H and O–H groups in total. The molecule has 0 aliphatic heterocycles. The van der Waals surface area contributed by atoms with Gasteiger partial charge in [-0.25, -0.2) is 21.6 Å². The van der Waals surface area contributed by atoms with Gasteiger partial charge in [-0.15, -0.1) is 0 Å². The summed E-state index contributed by atoms with van der Waals surface area (Å²) in [6.07, 6.45) is -2.23. The summed E-state index contributed by atoms with van der Waals surface area (Å²) >= 11 is 0. The Kier molecular flexibility index (Phi) is 6.26. The number of aliphatic hydroxyl groups excluding tert-OH is 2. The van der Waals surface area contributed by atoms with Crippen LogP contribution in [0.15, 0.2) is 41.3 Å². The highest BCUT2D eigenvalue weighted by molar-refractivity contribution is 7.92. The monoisotopic (exact) mass is 499 g/mol. The minimum Gasteiger partial charge on any atom is -0.391 e. The molecule has 1 amide bonds. The summed E-state index contributed by atoms with van der Waals surface area (Å²) in [6, 6.07) is 5.48. The Morgan fingerprint density at radius 3 is 2.21 bits per heavy atom. The van der Waals surface area contributed by atoms with Crippen molar-refractivity contribution >= 4 is 21.4 Å². The average Bonchev–Trinajstić information content (AvgIpc) is 2.80. The van der Waals surface area contributed by atoms with Crippen LogP contribution in [-0.4, -0.2) is 52.7 Å². The maximum absolute atomic E-state index is 14.6. The molecule has 2 unspecified atom stereocenters. The highest BCUT2D eigenvalue weighted by Gasteiger charge is 2.63. The highest BCUT2D eigenvalue weighted by atomic mass is 32.2. The van der Waals surface area contributed by atoms with E-state index in [2.05, 4.69) is 5.32 Å². The molecule has 3 fully saturated rings. The minimum atomic E-state index is -4.25. The van der Waals surface area contributed by atoms with Crippen LogP contribution in [0, 0.1) is 29.3 Å². The van der Waals surface area contributed by atoms with Gasteiger partial charge in [0.1, 0.15) is 16.8 Å². The van der Waals surface area contributed by atoms with E-state index in [4.69, 9.17) is 0 Å². The van der Waals surface area contributed by atoms with Crippen LogP contribution in [0.2, 0.25) is 0 Å². The Morgan fingerprint density at radius 2 is 1.62 bits per heavy atom. The fourth-order valence-corrected chi connectivity index (χ4v) is 7.10. The lowest BCUT2D eigenvalue weighted by molar-refractivity contribution is -0.249. The molecule has 3 aliphatic rings. The van der Waals surface area contributed by atoms with Gasteiger partial charge in [0.25, 0.3) is 5.91 Å². The number of anilines is 1. The Bertz CT molecular complexity index is 1220. The smallest absolute Gasteiger partial charge is 0.255 e. The number of nitrogens with one attached hydrogen (secondary N) is 1. The Morgan fingerprint density at radius 1 is 1.00 bits per heavy atom. The van der Waals surface area contributed by atoms with Crippen LogP contribution in [0.25, 0.3) is 0 Å². The van der Waals surface area contributed by atoms with Gasteiger partial charge in [0.15, 0.2) is 21.5 Å². The van der Waals surface area contributed by atoms with Crippen molar-refractivity contribution in [2.75, 3.05) is 5.32 Å². The quantitative estimate of drug-likeness (QED) is 0.484. The molecule has 34 heavy (non-hydrogen) atoms. The third kappa shape index (κ3) is 4.00. The van der Waals surface area contributed by atoms with E-state index in [-0.39, 0.29) is 24.1 Å². The molecule has 0 saturated heterocycles. The SMILES string of the molecule is C[C@H](O)[C@@H](O)C1(O)C2CC1CC(S(=O)(=O)c1cc(C(=O)Nc3ccc(F)c(F)c3)ccc1F)C2. The Balaban J connectivity index is 1.56. The van der Waals surface area contributed by atoms with Crippen molar-refractivity contribution in [3.63, 3.8) is 0 Å². The molecule has 0 radical (unpaired) electrons. The number of halogens is 3. The summed E-state index contributed by atoms with van der Waals surface area (Å²) in [4.78, 5) is 11.8. The minimum absolute atomic E-state index is 0.0379. The molecule has 2 bridgehead atoms. The standard InChI is InChI=1S/C23H24F3NO6S/c1-11(28)21(29)23(31)13-7-14(23)9-16(8-13)34(32,33)20-6-12(2-4-18(20)25)22(30)27-15-3-5-17(24)19(26)10-15/h2-6,10-11,13-14,16,21,28-29,31H,7-9H2,1H3,(H,27,30)/t11-,13?,14?,16?,21+,23?/m0/s1. The zero-order valence-electron chi connectivity index (χ0n) is 18.1. The van der Waals surface area contributed by atoms with Crippen molar-refractivity contribution in [3.05, 3.63) is 59.4 Å². The number of rotatable bonds is 6. The van der Waals surface area contributed by atoms with Crippen molar-refractivity contribution in [2.45, 2.75) is 54.1 Å². The van der Waals surface area contributed by atoms with Gasteiger partial charge in [0, 0.05) is 17.3 Å². The summed E-state index contributed by atoms with van der Waals surface area (Å²) < 4.78 is 67.6. The van der Waals surface area contributed by atoms with E-state index in [0.29, 0.717) is 6.42 Å². The van der Waals surface area contributed by atoms with Crippen LogP contribution in [0.1, 0.15) is 36.5 Å². The van der Waals surface area contributed by atoms with Crippen LogP contribution >= 0.6 is 0 Å². The van der Waals surface area contributed by atoms with E-state index >= 15 is 0 Å². The van der Waals surface area contributed by atoms with Crippen LogP contribution in [-0.2, 0) is 9.84 Å². The van der Waals surface area contributed by atoms with Gasteiger partial charge >= 0.3 is 0 Å². The summed E-state index contributed by atoms with van der Waals surface area (Å²) in [5, 5.41) is 32.0. The third-order valence-corrected chi connectivity index (χ3v) is 9.21. The summed E-state index contributed by atoms with van der Waals surface area (Å²) in [6.45, 7) is 1.33. The van der Waals surface area contributed by atoms with E-state index in [1.807, 2.05) is 0 Å². The first-order valence-corrected chi connectivity index (χ1v) is 12.3. The molecular weight excluding hydrogens is 475 g/mol. The van der Waals surface area contributed by atoms with Crippen molar-refractivity contribution in [1.82, 2.24) is 0 Å². The number of amides is 1. The molecule has 7 nitrogen and oxygen atoms in total. The number of aliphatic hydroxyl groups is 3. The zero-order chi connectivity index (χ0) is 25.0. The predicted molar refractivity (Wildman–Crippen MR) is 115 cm³/mol. The topological polar surface area (TPSA) is 124 Å². The average molecular weight is 500 g/mol. The number of carbonyl (C=O) groups is 1. The maximum atomic E-state index is 14.6. The van der Waals surface area contributed by atoms with Gasteiger partial charge in [-0.1, -0.05) is 0 Å². The van der Waals surface area contributed by atoms with E-state index in [0.717, 1.165) is 36.4 Å². The van der Waals surface area contributed by atoms with Crippen molar-refractivity contribution in [3.8, 4) is 0 Å². The lowest BCUT2D eigenvalue weighted by Gasteiger charge is -2.60. The van der Waals surface area contributed by atoms with Crippen LogP contribution in [0.4, 0.5) is 18.9 Å². The third-order valence-electron chi connectivity index (χ3n) is 7.02. The van der Waals surface area contributed by atoms with Crippen molar-refractivity contribution < 1.29 is 41.7 Å². The largest absolute Gasteiger partial charge is 0.391 e. The summed E-state index contributed by atoms with van der Waals surface area (Å²) in [7, 11) is -4.25. The molecule has 5 rings (SSSR count). The van der Waals surface area contributed by atoms with Gasteiger partial charge < -0.3 is 20.6 Å². The normalized spacial score (nSPS) is 28.0. The van der Waals surface area contributed by atoms with Gasteiger partial charge in [-0.2, -0.15) is 0 Å². The fraction of sp³-hybridized carbons (Fsp3) is 0.435. The van der Waals surface area contributed by atoms with Gasteiger partial charge in [-0.05, 0) is 68.4 Å². The van der Waals surface area contributed by atoms with Crippen molar-refractivity contribution in [1.29, 1.82) is 0 Å². The maximum Gasteiger partial charge on any atom is 0.255 e. The molecule has 3 saturated carbocycles. The summed E-state index contributed by atoms with van der Waals surface area (Å²) in [5.41, 5.74) is -1.88. The number of carbonyl (C=O) groups excluding carboxylic acids is 1. The number of benzene rings is 2. The number of sulfone groups is 1. The van der Waals surface area contributed by atoms with Gasteiger partial charge in [0.2, 0.25) is 0 Å². The Hall–Kier alpha value is -2.47. The molecule has 2 aromatic carbocycles. The molecule has 2 aromatic rings. The molecule has 11 heteroatoms. The van der Waals surface area contributed by atoms with E-state index < -0.39 is 73.0 Å². The number of hydrogen-bond donors (Lipinski definition) is 4. The highest BCUT2D eigenvalue weighted by Crippen LogP contribution is 2.57. The molecule has 3 aliphatic carbocycles. The number of fused-ring (bicyclic) bond motifs is 2. The van der Waals surface area contributed by atoms with E-state index in [1.165, 1.54) is 6.92 Å². The van der Waals surface area contributed by atoms with Crippen LogP contribution in [0.5, 0.6) is 0 Å². The van der Waals surface area contributed by atoms with Crippen molar-refractivity contribution in [2.24, 2.45) is 11.8 Å². The fourth-order valence-electron chi connectivity index (χ4n) is 5.14. The lowest BCUT2D eigenvalue weighted by Crippen LogP contribution is -2.69. The Labute approximate surface area is 194 Å². The first kappa shape index (κ1) is 24.6. The summed E-state index contributed by atoms with van der Waals surface area (Å²) in [5.74, 6) is -5.35. The molecule has 0 spiro atoms. The van der Waals surface area contributed by atoms with E-state index in [1.54, 1.807) is 0 Å². The second kappa shape index (κ2) is 8.63. The molecule has 0 heterocycles. The molecular formula is C23H24F3NO6S. The zero-order valence-corrected chi connectivity index (χ0v) is 18.9. The van der Waals surface area contributed by atoms with Gasteiger partial charge in [-0.3, -0.25) is 4.79 Å². The molecule has 0 aromatic heterocycles. The number of hydrogen-bond acceptors (Lipinski definition) is 6. The van der Waals surface area contributed by atoms with Crippen LogP contribution in [0.3, 0.4) is 0 Å². The second-order valence-electron chi connectivity index (χ2n) is 9.07.